The van der Waals surface area contributed by atoms with Crippen LogP contribution in [0.3, 0.4) is 0 Å². The van der Waals surface area contributed by atoms with E-state index < -0.39 is 0 Å². The second kappa shape index (κ2) is 8.76. The number of benzene rings is 1. The molecule has 0 spiro atoms. The van der Waals surface area contributed by atoms with Crippen LogP contribution in [0.25, 0.3) is 6.08 Å². The van der Waals surface area contributed by atoms with Crippen LogP contribution >= 0.6 is 23.1 Å². The van der Waals surface area contributed by atoms with Gasteiger partial charge in [0.1, 0.15) is 0 Å². The summed E-state index contributed by atoms with van der Waals surface area (Å²) in [5, 5.41) is 12.5. The Morgan fingerprint density at radius 3 is 2.90 bits per heavy atom. The first kappa shape index (κ1) is 15.1. The highest BCUT2D eigenvalue weighted by Crippen LogP contribution is 2.25. The fourth-order valence-electron chi connectivity index (χ4n) is 1.55. The molecule has 5 heteroatoms. The lowest BCUT2D eigenvalue weighted by Gasteiger charge is -1.96. The van der Waals surface area contributed by atoms with Gasteiger partial charge in [0.15, 0.2) is 4.34 Å². The van der Waals surface area contributed by atoms with Crippen LogP contribution in [0.2, 0.25) is 0 Å². The van der Waals surface area contributed by atoms with Gasteiger partial charge in [-0.1, -0.05) is 78.9 Å². The lowest BCUT2D eigenvalue weighted by atomic mass is 10.2. The molecule has 1 heterocycles. The third kappa shape index (κ3) is 5.35. The van der Waals surface area contributed by atoms with Gasteiger partial charge in [-0.3, -0.25) is 0 Å². The van der Waals surface area contributed by atoms with Crippen LogP contribution in [-0.4, -0.2) is 22.5 Å². The van der Waals surface area contributed by atoms with E-state index in [1.807, 2.05) is 18.2 Å². The average Bonchev–Trinajstić information content (AvgIpc) is 2.93. The van der Waals surface area contributed by atoms with Gasteiger partial charge in [-0.15, -0.1) is 10.2 Å². The molecule has 0 saturated heterocycles. The average molecular weight is 305 g/mol. The Bertz CT molecular complexity index is 523. The molecule has 1 N–H and O–H groups in total. The van der Waals surface area contributed by atoms with Gasteiger partial charge in [0, 0.05) is 12.3 Å². The van der Waals surface area contributed by atoms with Gasteiger partial charge in [0.2, 0.25) is 5.13 Å². The van der Waals surface area contributed by atoms with Crippen molar-refractivity contribution in [3.05, 3.63) is 42.0 Å². The van der Waals surface area contributed by atoms with Crippen molar-refractivity contribution in [2.45, 2.75) is 24.1 Å². The SMILES string of the molecule is CCCCSc1nnc(NC/C=C/c2ccccc2)s1. The van der Waals surface area contributed by atoms with E-state index >= 15 is 0 Å². The van der Waals surface area contributed by atoms with E-state index in [-0.39, 0.29) is 0 Å². The molecule has 0 radical (unpaired) electrons. The van der Waals surface area contributed by atoms with E-state index in [4.69, 9.17) is 0 Å². The maximum absolute atomic E-state index is 4.17. The second-order valence-corrected chi connectivity index (χ2v) is 6.59. The van der Waals surface area contributed by atoms with Gasteiger partial charge in [-0.05, 0) is 12.0 Å². The number of unbranched alkanes of at least 4 members (excludes halogenated alkanes) is 1. The van der Waals surface area contributed by atoms with Crippen molar-refractivity contribution in [1.29, 1.82) is 0 Å². The molecule has 0 aliphatic heterocycles. The molecule has 0 atom stereocenters. The van der Waals surface area contributed by atoms with E-state index in [1.54, 1.807) is 23.1 Å². The summed E-state index contributed by atoms with van der Waals surface area (Å²) >= 11 is 3.41. The molecule has 0 aliphatic carbocycles. The standard InChI is InChI=1S/C15H19N3S2/c1-2-3-12-19-15-18-17-14(20-15)16-11-7-10-13-8-5-4-6-9-13/h4-10H,2-3,11-12H2,1H3,(H,16,17)/b10-7+. The molecule has 106 valence electrons. The van der Waals surface area contributed by atoms with Crippen LogP contribution in [0, 0.1) is 0 Å². The summed E-state index contributed by atoms with van der Waals surface area (Å²) in [6, 6.07) is 10.3. The Morgan fingerprint density at radius 1 is 1.25 bits per heavy atom. The zero-order valence-corrected chi connectivity index (χ0v) is 13.2. The van der Waals surface area contributed by atoms with E-state index in [1.165, 1.54) is 18.4 Å². The van der Waals surface area contributed by atoms with Crippen LogP contribution in [0.4, 0.5) is 5.13 Å². The van der Waals surface area contributed by atoms with Crippen LogP contribution in [0.5, 0.6) is 0 Å². The van der Waals surface area contributed by atoms with E-state index in [0.29, 0.717) is 0 Å². The molecule has 0 aliphatic rings. The maximum atomic E-state index is 4.17. The number of rotatable bonds is 8. The number of aromatic nitrogens is 2. The fraction of sp³-hybridized carbons (Fsp3) is 0.333. The first-order valence-corrected chi connectivity index (χ1v) is 8.60. The van der Waals surface area contributed by atoms with Crippen molar-refractivity contribution in [2.24, 2.45) is 0 Å². The summed E-state index contributed by atoms with van der Waals surface area (Å²) in [6.07, 6.45) is 6.65. The Balaban J connectivity index is 1.73. The van der Waals surface area contributed by atoms with Crippen molar-refractivity contribution in [1.82, 2.24) is 10.2 Å². The topological polar surface area (TPSA) is 37.8 Å². The molecule has 1 aromatic carbocycles. The predicted octanol–water partition coefficient (Wildman–Crippen LogP) is 4.56. The maximum Gasteiger partial charge on any atom is 0.206 e. The van der Waals surface area contributed by atoms with Crippen LogP contribution in [0.1, 0.15) is 25.3 Å². The van der Waals surface area contributed by atoms with Crippen LogP contribution in [0.15, 0.2) is 40.7 Å². The number of thioether (sulfide) groups is 1. The van der Waals surface area contributed by atoms with Crippen molar-refractivity contribution < 1.29 is 0 Å². The zero-order chi connectivity index (χ0) is 14.0. The highest BCUT2D eigenvalue weighted by atomic mass is 32.2. The first-order chi connectivity index (χ1) is 9.88. The molecule has 0 saturated carbocycles. The summed E-state index contributed by atoms with van der Waals surface area (Å²) in [5.74, 6) is 1.12. The number of nitrogens with one attached hydrogen (secondary N) is 1. The minimum Gasteiger partial charge on any atom is -0.357 e. The quantitative estimate of drug-likeness (QED) is 0.573. The summed E-state index contributed by atoms with van der Waals surface area (Å²) in [6.45, 7) is 2.97. The Hall–Kier alpha value is -1.33. The van der Waals surface area contributed by atoms with Crippen LogP contribution in [-0.2, 0) is 0 Å². The van der Waals surface area contributed by atoms with Crippen LogP contribution < -0.4 is 5.32 Å². The van der Waals surface area contributed by atoms with E-state index in [9.17, 15) is 0 Å². The molecule has 0 unspecified atom stereocenters. The van der Waals surface area contributed by atoms with Crippen molar-refractivity contribution in [2.75, 3.05) is 17.6 Å². The first-order valence-electron chi connectivity index (χ1n) is 6.80. The highest BCUT2D eigenvalue weighted by Gasteiger charge is 2.02. The van der Waals surface area contributed by atoms with Gasteiger partial charge < -0.3 is 5.32 Å². The molecule has 2 rings (SSSR count). The van der Waals surface area contributed by atoms with Gasteiger partial charge in [0.25, 0.3) is 0 Å². The van der Waals surface area contributed by atoms with Gasteiger partial charge >= 0.3 is 0 Å². The van der Waals surface area contributed by atoms with E-state index in [0.717, 1.165) is 21.8 Å². The molecule has 0 fully saturated rings. The minimum absolute atomic E-state index is 0.767. The Morgan fingerprint density at radius 2 is 2.10 bits per heavy atom. The fourth-order valence-corrected chi connectivity index (χ4v) is 3.46. The minimum atomic E-state index is 0.767. The summed E-state index contributed by atoms with van der Waals surface area (Å²) in [5.41, 5.74) is 1.21. The third-order valence-electron chi connectivity index (χ3n) is 2.61. The summed E-state index contributed by atoms with van der Waals surface area (Å²) in [7, 11) is 0. The number of hydrogen-bond donors (Lipinski definition) is 1. The molecule has 2 aromatic rings. The molecule has 3 nitrogen and oxygen atoms in total. The van der Waals surface area contributed by atoms with Gasteiger partial charge in [-0.25, -0.2) is 0 Å². The molecule has 1 aromatic heterocycles. The molecule has 20 heavy (non-hydrogen) atoms. The lowest BCUT2D eigenvalue weighted by Crippen LogP contribution is -1.96. The molecule has 0 amide bonds. The number of anilines is 1. The molecule has 0 bridgehead atoms. The second-order valence-electron chi connectivity index (χ2n) is 4.27. The summed E-state index contributed by atoms with van der Waals surface area (Å²) in [4.78, 5) is 0. The van der Waals surface area contributed by atoms with Crippen molar-refractivity contribution >= 4 is 34.3 Å². The van der Waals surface area contributed by atoms with Crippen molar-refractivity contribution in [3.63, 3.8) is 0 Å². The predicted molar refractivity (Wildman–Crippen MR) is 89.5 cm³/mol. The smallest absolute Gasteiger partial charge is 0.206 e. The highest BCUT2D eigenvalue weighted by molar-refractivity contribution is 8.01. The molecular weight excluding hydrogens is 286 g/mol. The Kier molecular flexibility index (Phi) is 6.60. The summed E-state index contributed by atoms with van der Waals surface area (Å²) < 4.78 is 1.05. The third-order valence-corrected chi connectivity index (χ3v) is 4.71. The van der Waals surface area contributed by atoms with Gasteiger partial charge in [0.05, 0.1) is 0 Å². The number of hydrogen-bond acceptors (Lipinski definition) is 5. The molecular formula is C15H19N3S2. The number of nitrogens with zero attached hydrogens (tertiary/aromatic N) is 2. The largest absolute Gasteiger partial charge is 0.357 e. The monoisotopic (exact) mass is 305 g/mol. The Labute approximate surface area is 128 Å². The van der Waals surface area contributed by atoms with Crippen molar-refractivity contribution in [3.8, 4) is 0 Å². The zero-order valence-electron chi connectivity index (χ0n) is 11.6. The normalized spacial score (nSPS) is 11.1. The lowest BCUT2D eigenvalue weighted by molar-refractivity contribution is 0.894. The van der Waals surface area contributed by atoms with E-state index in [2.05, 4.69) is 46.7 Å². The van der Waals surface area contributed by atoms with Gasteiger partial charge in [-0.2, -0.15) is 0 Å².